The van der Waals surface area contributed by atoms with Gasteiger partial charge in [-0.15, -0.1) is 0 Å². The van der Waals surface area contributed by atoms with Gasteiger partial charge in [0.25, 0.3) is 0 Å². The maximum atomic E-state index is 9.82. The number of benzene rings is 1. The van der Waals surface area contributed by atoms with E-state index in [0.717, 1.165) is 22.3 Å². The van der Waals surface area contributed by atoms with E-state index < -0.39 is 0 Å². The predicted octanol–water partition coefficient (Wildman–Crippen LogP) is 4.49. The summed E-state index contributed by atoms with van der Waals surface area (Å²) in [6, 6.07) is 5.75. The van der Waals surface area contributed by atoms with E-state index in [4.69, 9.17) is 0 Å². The molecule has 0 aliphatic heterocycles. The van der Waals surface area contributed by atoms with Crippen molar-refractivity contribution in [3.8, 4) is 5.75 Å². The first-order valence-electron chi connectivity index (χ1n) is 5.99. The van der Waals surface area contributed by atoms with E-state index in [1.54, 1.807) is 12.1 Å². The van der Waals surface area contributed by atoms with Crippen molar-refractivity contribution in [2.75, 3.05) is 0 Å². The van der Waals surface area contributed by atoms with Gasteiger partial charge in [-0.3, -0.25) is 0 Å². The smallest absolute Gasteiger partial charge is 0.119 e. The first kappa shape index (κ1) is 14.0. The maximum Gasteiger partial charge on any atom is 0.119 e. The summed E-state index contributed by atoms with van der Waals surface area (Å²) < 4.78 is 0. The van der Waals surface area contributed by atoms with Crippen molar-refractivity contribution in [3.05, 3.63) is 77.9 Å². The Bertz CT molecular complexity index is 504. The zero-order valence-corrected chi connectivity index (χ0v) is 11.1. The van der Waals surface area contributed by atoms with Crippen molar-refractivity contribution in [2.45, 2.75) is 20.3 Å². The Hall–Kier alpha value is -2.02. The van der Waals surface area contributed by atoms with Gasteiger partial charge in [0, 0.05) is 0 Å². The second-order valence-corrected chi connectivity index (χ2v) is 4.29. The Balaban J connectivity index is 2.88. The number of phenolic OH excluding ortho intramolecular Hbond substituents is 1. The highest BCUT2D eigenvalue weighted by molar-refractivity contribution is 5.42. The molecule has 1 aromatic carbocycles. The summed E-state index contributed by atoms with van der Waals surface area (Å²) in [5.41, 5.74) is 4.18. The molecule has 0 saturated carbocycles. The van der Waals surface area contributed by atoms with Gasteiger partial charge < -0.3 is 5.11 Å². The topological polar surface area (TPSA) is 20.2 Å². The Morgan fingerprint density at radius 3 is 2.61 bits per heavy atom. The Morgan fingerprint density at radius 2 is 2.06 bits per heavy atom. The molecule has 0 aliphatic rings. The first-order chi connectivity index (χ1) is 8.58. The minimum Gasteiger partial charge on any atom is -0.508 e. The van der Waals surface area contributed by atoms with Crippen LogP contribution in [0.1, 0.15) is 18.1 Å². The summed E-state index contributed by atoms with van der Waals surface area (Å²) in [6.45, 7) is 11.5. The lowest BCUT2D eigenvalue weighted by Crippen LogP contribution is -1.87. The summed E-state index contributed by atoms with van der Waals surface area (Å²) in [6.07, 6.45) is 8.27. The zero-order chi connectivity index (χ0) is 13.5. The predicted molar refractivity (Wildman–Crippen MR) is 78.8 cm³/mol. The van der Waals surface area contributed by atoms with E-state index in [0.29, 0.717) is 12.2 Å². The summed E-state index contributed by atoms with van der Waals surface area (Å²) in [4.78, 5) is 0. The summed E-state index contributed by atoms with van der Waals surface area (Å²) in [5.74, 6) is 0.354. The molecule has 0 heterocycles. The van der Waals surface area contributed by atoms with E-state index in [-0.39, 0.29) is 0 Å². The molecule has 0 spiro atoms. The van der Waals surface area contributed by atoms with Gasteiger partial charge in [0.2, 0.25) is 0 Å². The Kier molecular flexibility index (Phi) is 5.19. The highest BCUT2D eigenvalue weighted by Crippen LogP contribution is 2.20. The van der Waals surface area contributed by atoms with Crippen LogP contribution in [0.25, 0.3) is 0 Å². The van der Waals surface area contributed by atoms with Crippen LogP contribution in [0.4, 0.5) is 0 Å². The molecule has 0 radical (unpaired) electrons. The first-order valence-corrected chi connectivity index (χ1v) is 5.99. The van der Waals surface area contributed by atoms with Gasteiger partial charge in [0.1, 0.15) is 5.75 Å². The highest BCUT2D eigenvalue weighted by Gasteiger charge is 2.00. The lowest BCUT2D eigenvalue weighted by atomic mass is 10.0. The normalized spacial score (nSPS) is 12.3. The van der Waals surface area contributed by atoms with Crippen LogP contribution < -0.4 is 0 Å². The SMILES string of the molecule is C=C/C=C(C=C)/C(C)=C/Cc1ccc(C)cc1O. The van der Waals surface area contributed by atoms with Crippen LogP contribution in [-0.4, -0.2) is 5.11 Å². The van der Waals surface area contributed by atoms with Gasteiger partial charge in [-0.25, -0.2) is 0 Å². The highest BCUT2D eigenvalue weighted by atomic mass is 16.3. The molecule has 1 rings (SSSR count). The number of phenols is 1. The number of allylic oxidation sites excluding steroid dienone is 6. The molecule has 0 aliphatic carbocycles. The third-order valence-corrected chi connectivity index (χ3v) is 2.84. The molecule has 0 atom stereocenters. The molecule has 94 valence electrons. The van der Waals surface area contributed by atoms with E-state index >= 15 is 0 Å². The molecule has 0 unspecified atom stereocenters. The molecule has 1 aromatic rings. The fourth-order valence-electron chi connectivity index (χ4n) is 1.71. The van der Waals surface area contributed by atoms with Crippen molar-refractivity contribution in [2.24, 2.45) is 0 Å². The number of aromatic hydroxyl groups is 1. The van der Waals surface area contributed by atoms with Gasteiger partial charge in [-0.2, -0.15) is 0 Å². The van der Waals surface area contributed by atoms with E-state index in [1.165, 1.54) is 0 Å². The van der Waals surface area contributed by atoms with Gasteiger partial charge in [0.15, 0.2) is 0 Å². The molecule has 0 aromatic heterocycles. The van der Waals surface area contributed by atoms with Crippen molar-refractivity contribution in [3.63, 3.8) is 0 Å². The van der Waals surface area contributed by atoms with Crippen molar-refractivity contribution < 1.29 is 5.11 Å². The fourth-order valence-corrected chi connectivity index (χ4v) is 1.71. The average molecular weight is 240 g/mol. The molecule has 0 saturated heterocycles. The summed E-state index contributed by atoms with van der Waals surface area (Å²) in [5, 5.41) is 9.82. The molecule has 0 bridgehead atoms. The van der Waals surface area contributed by atoms with Crippen LogP contribution in [-0.2, 0) is 6.42 Å². The summed E-state index contributed by atoms with van der Waals surface area (Å²) in [7, 11) is 0. The molecule has 1 nitrogen and oxygen atoms in total. The van der Waals surface area contributed by atoms with Gasteiger partial charge in [-0.05, 0) is 48.6 Å². The monoisotopic (exact) mass is 240 g/mol. The second-order valence-electron chi connectivity index (χ2n) is 4.29. The van der Waals surface area contributed by atoms with E-state index in [1.807, 2.05) is 38.1 Å². The Morgan fingerprint density at radius 1 is 1.33 bits per heavy atom. The molecular formula is C17H20O. The van der Waals surface area contributed by atoms with Crippen LogP contribution >= 0.6 is 0 Å². The lowest BCUT2D eigenvalue weighted by molar-refractivity contribution is 0.469. The summed E-state index contributed by atoms with van der Waals surface area (Å²) >= 11 is 0. The van der Waals surface area contributed by atoms with Crippen LogP contribution in [0.5, 0.6) is 5.75 Å². The Labute approximate surface area is 109 Å². The van der Waals surface area contributed by atoms with Crippen LogP contribution in [0, 0.1) is 6.92 Å². The van der Waals surface area contributed by atoms with Gasteiger partial charge >= 0.3 is 0 Å². The van der Waals surface area contributed by atoms with Crippen LogP contribution in [0.15, 0.2) is 66.8 Å². The fraction of sp³-hybridized carbons (Fsp3) is 0.176. The van der Waals surface area contributed by atoms with Crippen molar-refractivity contribution >= 4 is 0 Å². The third-order valence-electron chi connectivity index (χ3n) is 2.84. The minimum absolute atomic E-state index is 0.354. The standard InChI is InChI=1S/C17H20O/c1-5-7-15(6-2)14(4)9-11-16-10-8-13(3)12-17(16)18/h5-10,12,18H,1-2,11H2,3-4H3/b14-9+,15-7+. The van der Waals surface area contributed by atoms with Crippen LogP contribution in [0.2, 0.25) is 0 Å². The van der Waals surface area contributed by atoms with E-state index in [2.05, 4.69) is 19.2 Å². The van der Waals surface area contributed by atoms with Crippen molar-refractivity contribution in [1.82, 2.24) is 0 Å². The molecule has 1 heteroatoms. The molecular weight excluding hydrogens is 220 g/mol. The molecule has 0 fully saturated rings. The van der Waals surface area contributed by atoms with Crippen molar-refractivity contribution in [1.29, 1.82) is 0 Å². The second kappa shape index (κ2) is 6.65. The molecule has 1 N–H and O–H groups in total. The zero-order valence-electron chi connectivity index (χ0n) is 11.1. The van der Waals surface area contributed by atoms with Gasteiger partial charge in [0.05, 0.1) is 0 Å². The molecule has 18 heavy (non-hydrogen) atoms. The van der Waals surface area contributed by atoms with E-state index in [9.17, 15) is 5.11 Å². The number of hydrogen-bond donors (Lipinski definition) is 1. The number of rotatable bonds is 5. The number of aryl methyl sites for hydroxylation is 1. The largest absolute Gasteiger partial charge is 0.508 e. The molecule has 0 amide bonds. The third kappa shape index (κ3) is 3.77. The van der Waals surface area contributed by atoms with Crippen LogP contribution in [0.3, 0.4) is 0 Å². The minimum atomic E-state index is 0.354. The number of hydrogen-bond acceptors (Lipinski definition) is 1. The average Bonchev–Trinajstić information content (AvgIpc) is 2.34. The lowest BCUT2D eigenvalue weighted by Gasteiger charge is -2.05. The van der Waals surface area contributed by atoms with Gasteiger partial charge in [-0.1, -0.05) is 49.6 Å². The maximum absolute atomic E-state index is 9.82. The quantitative estimate of drug-likeness (QED) is 0.752.